The Morgan fingerprint density at radius 3 is 2.41 bits per heavy atom. The van der Waals surface area contributed by atoms with Crippen LogP contribution in [0, 0.1) is 0 Å². The number of likely N-dealkylation sites (N-methyl/N-ethyl adjacent to an activating group) is 1. The molecule has 2 aliphatic rings. The lowest BCUT2D eigenvalue weighted by Gasteiger charge is -2.38. The third kappa shape index (κ3) is 6.41. The van der Waals surface area contributed by atoms with Crippen molar-refractivity contribution in [2.75, 3.05) is 45.9 Å². The minimum Gasteiger partial charge on any atom is -0.463 e. The van der Waals surface area contributed by atoms with Crippen LogP contribution in [0.25, 0.3) is 0 Å². The highest BCUT2D eigenvalue weighted by Crippen LogP contribution is 2.35. The molecule has 1 saturated heterocycles. The third-order valence-electron chi connectivity index (χ3n) is 6.84. The van der Waals surface area contributed by atoms with Crippen LogP contribution in [0.3, 0.4) is 0 Å². The molecule has 9 nitrogen and oxygen atoms in total. The summed E-state index contributed by atoms with van der Waals surface area (Å²) in [4.78, 5) is 30.3. The van der Waals surface area contributed by atoms with Crippen LogP contribution in [0.15, 0.2) is 64.7 Å². The Hall–Kier alpha value is -2.63. The van der Waals surface area contributed by atoms with E-state index in [0.717, 1.165) is 0 Å². The number of carbonyl (C=O) groups is 2. The molecule has 0 saturated carbocycles. The van der Waals surface area contributed by atoms with Crippen molar-refractivity contribution >= 4 is 45.2 Å². The average Bonchev–Trinajstić information content (AvgIpc) is 3.15. The van der Waals surface area contributed by atoms with Gasteiger partial charge in [-0.25, -0.2) is 18.0 Å². The van der Waals surface area contributed by atoms with E-state index in [-0.39, 0.29) is 30.6 Å². The van der Waals surface area contributed by atoms with Gasteiger partial charge >= 0.3 is 12.0 Å². The van der Waals surface area contributed by atoms with E-state index in [4.69, 9.17) is 27.9 Å². The molecule has 12 heteroatoms. The lowest BCUT2D eigenvalue weighted by atomic mass is 9.94. The monoisotopic (exact) mass is 594 g/mol. The van der Waals surface area contributed by atoms with Crippen molar-refractivity contribution in [2.45, 2.75) is 31.2 Å². The molecule has 0 bridgehead atoms. The van der Waals surface area contributed by atoms with Crippen LogP contribution in [0.2, 0.25) is 10.0 Å². The van der Waals surface area contributed by atoms with Gasteiger partial charge in [0.1, 0.15) is 0 Å². The van der Waals surface area contributed by atoms with E-state index in [9.17, 15) is 18.0 Å². The van der Waals surface area contributed by atoms with Gasteiger partial charge in [-0.1, -0.05) is 41.4 Å². The number of hydrogen-bond acceptors (Lipinski definition) is 6. The molecule has 0 unspecified atom stereocenters. The molecule has 2 aromatic carbocycles. The van der Waals surface area contributed by atoms with Gasteiger partial charge in [0.2, 0.25) is 10.0 Å². The van der Waals surface area contributed by atoms with Gasteiger partial charge in [-0.05, 0) is 62.7 Å². The van der Waals surface area contributed by atoms with Gasteiger partial charge in [0.25, 0.3) is 0 Å². The number of nitrogens with one attached hydrogen (secondary N) is 1. The van der Waals surface area contributed by atoms with Gasteiger partial charge in [-0.3, -0.25) is 9.80 Å². The first-order valence-corrected chi connectivity index (χ1v) is 15.1. The Morgan fingerprint density at radius 2 is 1.74 bits per heavy atom. The van der Waals surface area contributed by atoms with Crippen molar-refractivity contribution in [3.05, 3.63) is 75.4 Å². The van der Waals surface area contributed by atoms with Crippen LogP contribution in [0.5, 0.6) is 0 Å². The number of carbonyl (C=O) groups excluding carboxylic acids is 2. The largest absolute Gasteiger partial charge is 0.463 e. The number of amides is 2. The molecule has 0 aliphatic carbocycles. The second-order valence-corrected chi connectivity index (χ2v) is 12.0. The van der Waals surface area contributed by atoms with Crippen LogP contribution in [0.4, 0.5) is 4.79 Å². The fourth-order valence-electron chi connectivity index (χ4n) is 4.91. The molecular weight excluding hydrogens is 563 g/mol. The van der Waals surface area contributed by atoms with Crippen molar-refractivity contribution < 1.29 is 22.7 Å². The molecule has 2 aromatic rings. The van der Waals surface area contributed by atoms with E-state index in [0.29, 0.717) is 59.5 Å². The van der Waals surface area contributed by atoms with Crippen molar-refractivity contribution in [1.29, 1.82) is 0 Å². The quantitative estimate of drug-likeness (QED) is 0.458. The van der Waals surface area contributed by atoms with Crippen LogP contribution in [0.1, 0.15) is 31.9 Å². The Kier molecular flexibility index (Phi) is 9.56. The Labute approximate surface area is 239 Å². The maximum atomic E-state index is 13.3. The highest BCUT2D eigenvalue weighted by molar-refractivity contribution is 7.89. The van der Waals surface area contributed by atoms with Gasteiger partial charge in [-0.15, -0.1) is 0 Å². The Balaban J connectivity index is 1.65. The molecule has 4 rings (SSSR count). The molecule has 2 amide bonds. The first kappa shape index (κ1) is 29.4. The first-order chi connectivity index (χ1) is 18.7. The normalized spacial score (nSPS) is 19.5. The minimum absolute atomic E-state index is 0.173. The van der Waals surface area contributed by atoms with Crippen molar-refractivity contribution in [3.63, 3.8) is 0 Å². The summed E-state index contributed by atoms with van der Waals surface area (Å²) in [5.41, 5.74) is 1.44. The lowest BCUT2D eigenvalue weighted by Crippen LogP contribution is -2.51. The van der Waals surface area contributed by atoms with Crippen molar-refractivity contribution in [1.82, 2.24) is 19.4 Å². The van der Waals surface area contributed by atoms with E-state index >= 15 is 0 Å². The summed E-state index contributed by atoms with van der Waals surface area (Å²) in [6.45, 7) is 5.96. The van der Waals surface area contributed by atoms with E-state index in [1.54, 1.807) is 43.3 Å². The third-order valence-corrected chi connectivity index (χ3v) is 9.35. The zero-order valence-electron chi connectivity index (χ0n) is 21.9. The minimum atomic E-state index is -3.69. The zero-order chi connectivity index (χ0) is 28.2. The number of nitrogens with zero attached hydrogens (tertiary/aromatic N) is 3. The molecule has 0 radical (unpaired) electrons. The Bertz CT molecular complexity index is 1350. The van der Waals surface area contributed by atoms with E-state index in [1.165, 1.54) is 21.3 Å². The molecular formula is C27H32Cl2N4O5S. The SMILES string of the molecule is CCOC(=O)C1=C(CN2CCCN(S(=O)(=O)c3ccc(Cl)cc3)CC2)N(CC)C(=O)N[C@H]1c1ccccc1Cl. The maximum Gasteiger partial charge on any atom is 0.338 e. The van der Waals surface area contributed by atoms with Crippen molar-refractivity contribution in [2.24, 2.45) is 0 Å². The zero-order valence-corrected chi connectivity index (χ0v) is 24.2. The van der Waals surface area contributed by atoms with Crippen LogP contribution < -0.4 is 5.32 Å². The van der Waals surface area contributed by atoms with Crippen molar-refractivity contribution in [3.8, 4) is 0 Å². The number of esters is 1. The maximum absolute atomic E-state index is 13.3. The summed E-state index contributed by atoms with van der Waals surface area (Å²) < 4.78 is 33.4. The lowest BCUT2D eigenvalue weighted by molar-refractivity contribution is -0.139. The fourth-order valence-corrected chi connectivity index (χ4v) is 6.75. The predicted molar refractivity (Wildman–Crippen MR) is 150 cm³/mol. The molecule has 210 valence electrons. The second kappa shape index (κ2) is 12.7. The first-order valence-electron chi connectivity index (χ1n) is 12.9. The highest BCUT2D eigenvalue weighted by atomic mass is 35.5. The number of rotatable bonds is 8. The van der Waals surface area contributed by atoms with Gasteiger partial charge in [0, 0.05) is 48.5 Å². The molecule has 39 heavy (non-hydrogen) atoms. The van der Waals surface area contributed by atoms with Crippen LogP contribution in [-0.2, 0) is 19.6 Å². The number of sulfonamides is 1. The fraction of sp³-hybridized carbons (Fsp3) is 0.407. The van der Waals surface area contributed by atoms with E-state index in [2.05, 4.69) is 10.2 Å². The number of benzene rings is 2. The molecule has 2 aliphatic heterocycles. The smallest absolute Gasteiger partial charge is 0.338 e. The summed E-state index contributed by atoms with van der Waals surface area (Å²) in [5.74, 6) is -0.530. The molecule has 2 heterocycles. The summed E-state index contributed by atoms with van der Waals surface area (Å²) in [5, 5.41) is 3.81. The number of hydrogen-bond donors (Lipinski definition) is 1. The van der Waals surface area contributed by atoms with Gasteiger partial charge in [0.05, 0.1) is 23.1 Å². The predicted octanol–water partition coefficient (Wildman–Crippen LogP) is 4.29. The molecule has 0 aromatic heterocycles. The highest BCUT2D eigenvalue weighted by Gasteiger charge is 2.39. The standard InChI is InChI=1S/C27H32Cl2N4O5S/c1-3-33-23(24(26(34)38-4-2)25(30-27(33)35)21-8-5-6-9-22(21)29)18-31-14-7-15-32(17-16-31)39(36,37)20-12-10-19(28)11-13-20/h5-6,8-13,25H,3-4,7,14-18H2,1-2H3,(H,30,35)/t25-/m0/s1. The van der Waals surface area contributed by atoms with Crippen LogP contribution >= 0.6 is 23.2 Å². The molecule has 1 N–H and O–H groups in total. The van der Waals surface area contributed by atoms with Gasteiger partial charge in [0.15, 0.2) is 0 Å². The second-order valence-electron chi connectivity index (χ2n) is 9.22. The number of halogens is 2. The topological polar surface area (TPSA) is 99.3 Å². The number of urea groups is 1. The Morgan fingerprint density at radius 1 is 1.03 bits per heavy atom. The molecule has 1 fully saturated rings. The summed E-state index contributed by atoms with van der Waals surface area (Å²) in [7, 11) is -3.69. The van der Waals surface area contributed by atoms with Gasteiger partial charge < -0.3 is 10.1 Å². The molecule has 1 atom stereocenters. The van der Waals surface area contributed by atoms with Crippen LogP contribution in [-0.4, -0.2) is 80.4 Å². The summed E-state index contributed by atoms with van der Waals surface area (Å²) >= 11 is 12.4. The molecule has 0 spiro atoms. The summed E-state index contributed by atoms with van der Waals surface area (Å²) in [6, 6.07) is 12.1. The average molecular weight is 596 g/mol. The number of ether oxygens (including phenoxy) is 1. The van der Waals surface area contributed by atoms with Gasteiger partial charge in [-0.2, -0.15) is 4.31 Å². The summed E-state index contributed by atoms with van der Waals surface area (Å²) in [6.07, 6.45) is 0.584. The van der Waals surface area contributed by atoms with E-state index in [1.807, 2.05) is 6.92 Å². The van der Waals surface area contributed by atoms with E-state index < -0.39 is 22.0 Å².